The van der Waals surface area contributed by atoms with Crippen LogP contribution in [-0.2, 0) is 16.0 Å². The molecular formula is C18H29N3O2. The van der Waals surface area contributed by atoms with Gasteiger partial charge in [-0.2, -0.15) is 0 Å². The number of amides is 2. The van der Waals surface area contributed by atoms with Gasteiger partial charge >= 0.3 is 0 Å². The van der Waals surface area contributed by atoms with Crippen LogP contribution >= 0.6 is 0 Å². The fourth-order valence-corrected chi connectivity index (χ4v) is 2.62. The zero-order chi connectivity index (χ0) is 17.4. The second-order valence-corrected chi connectivity index (χ2v) is 6.24. The van der Waals surface area contributed by atoms with Crippen LogP contribution in [0.25, 0.3) is 0 Å². The van der Waals surface area contributed by atoms with Crippen molar-refractivity contribution in [1.29, 1.82) is 0 Å². The van der Waals surface area contributed by atoms with E-state index < -0.39 is 6.04 Å². The third-order valence-electron chi connectivity index (χ3n) is 3.99. The third-order valence-corrected chi connectivity index (χ3v) is 3.99. The molecule has 2 N–H and O–H groups in total. The summed E-state index contributed by atoms with van der Waals surface area (Å²) in [6.07, 6.45) is 1.24. The zero-order valence-electron chi connectivity index (χ0n) is 14.8. The van der Waals surface area contributed by atoms with Gasteiger partial charge in [0.25, 0.3) is 0 Å². The molecule has 0 aliphatic carbocycles. The minimum atomic E-state index is -0.445. The Balaban J connectivity index is 2.86. The Labute approximate surface area is 139 Å². The van der Waals surface area contributed by atoms with Gasteiger partial charge in [-0.25, -0.2) is 0 Å². The number of likely N-dealkylation sites (N-methyl/N-ethyl adjacent to an activating group) is 3. The number of nitrogens with zero attached hydrogens (tertiary/aromatic N) is 1. The summed E-state index contributed by atoms with van der Waals surface area (Å²) in [6.45, 7) is 4.10. The molecule has 0 fully saturated rings. The average molecular weight is 319 g/mol. The zero-order valence-corrected chi connectivity index (χ0v) is 14.8. The maximum atomic E-state index is 12.8. The Hall–Kier alpha value is -1.88. The number of rotatable bonds is 8. The van der Waals surface area contributed by atoms with E-state index in [1.54, 1.807) is 26.0 Å². The topological polar surface area (TPSA) is 61.4 Å². The van der Waals surface area contributed by atoms with Crippen LogP contribution in [0.5, 0.6) is 0 Å². The predicted octanol–water partition coefficient (Wildman–Crippen LogP) is 1.44. The van der Waals surface area contributed by atoms with Crippen molar-refractivity contribution in [2.75, 3.05) is 21.1 Å². The molecule has 2 amide bonds. The molecule has 1 rings (SSSR count). The lowest BCUT2D eigenvalue weighted by molar-refractivity contribution is -0.140. The quantitative estimate of drug-likeness (QED) is 0.762. The molecule has 1 aromatic rings. The van der Waals surface area contributed by atoms with Crippen molar-refractivity contribution >= 4 is 11.8 Å². The molecule has 0 spiro atoms. The molecule has 0 saturated heterocycles. The minimum Gasteiger partial charge on any atom is -0.357 e. The highest BCUT2D eigenvalue weighted by molar-refractivity contribution is 5.89. The molecule has 5 nitrogen and oxygen atoms in total. The van der Waals surface area contributed by atoms with E-state index in [4.69, 9.17) is 0 Å². The summed E-state index contributed by atoms with van der Waals surface area (Å²) in [5.41, 5.74) is 1.09. The van der Waals surface area contributed by atoms with E-state index in [2.05, 4.69) is 10.6 Å². The van der Waals surface area contributed by atoms with Crippen molar-refractivity contribution in [3.05, 3.63) is 35.9 Å². The van der Waals surface area contributed by atoms with Gasteiger partial charge in [-0.05, 0) is 31.4 Å². The molecular weight excluding hydrogens is 290 g/mol. The monoisotopic (exact) mass is 319 g/mol. The molecule has 0 aromatic heterocycles. The summed E-state index contributed by atoms with van der Waals surface area (Å²) in [5.74, 6) is 0.143. The fourth-order valence-electron chi connectivity index (χ4n) is 2.62. The van der Waals surface area contributed by atoms with Crippen molar-refractivity contribution in [3.63, 3.8) is 0 Å². The Bertz CT molecular complexity index is 502. The highest BCUT2D eigenvalue weighted by atomic mass is 16.2. The van der Waals surface area contributed by atoms with Gasteiger partial charge in [0.15, 0.2) is 0 Å². The second-order valence-electron chi connectivity index (χ2n) is 6.24. The van der Waals surface area contributed by atoms with E-state index in [9.17, 15) is 9.59 Å². The molecule has 0 saturated carbocycles. The van der Waals surface area contributed by atoms with Crippen molar-refractivity contribution in [2.24, 2.45) is 5.92 Å². The van der Waals surface area contributed by atoms with Crippen LogP contribution in [0, 0.1) is 5.92 Å². The van der Waals surface area contributed by atoms with E-state index in [-0.39, 0.29) is 17.9 Å². The first-order chi connectivity index (χ1) is 10.9. The van der Waals surface area contributed by atoms with Crippen molar-refractivity contribution < 1.29 is 9.59 Å². The van der Waals surface area contributed by atoms with Crippen molar-refractivity contribution in [2.45, 2.75) is 38.8 Å². The van der Waals surface area contributed by atoms with Crippen LogP contribution in [0.1, 0.15) is 25.8 Å². The number of benzene rings is 1. The van der Waals surface area contributed by atoms with Gasteiger partial charge in [-0.3, -0.25) is 9.59 Å². The van der Waals surface area contributed by atoms with Gasteiger partial charge in [0.1, 0.15) is 6.04 Å². The molecule has 5 heteroatoms. The van der Waals surface area contributed by atoms with Crippen LogP contribution in [0.15, 0.2) is 30.3 Å². The predicted molar refractivity (Wildman–Crippen MR) is 93.1 cm³/mol. The van der Waals surface area contributed by atoms with E-state index in [0.29, 0.717) is 18.8 Å². The molecule has 128 valence electrons. The van der Waals surface area contributed by atoms with Crippen LogP contribution in [0.4, 0.5) is 0 Å². The first-order valence-corrected chi connectivity index (χ1v) is 8.10. The molecule has 1 aromatic carbocycles. The van der Waals surface area contributed by atoms with Crippen molar-refractivity contribution in [3.8, 4) is 0 Å². The lowest BCUT2D eigenvalue weighted by Gasteiger charge is -2.31. The summed E-state index contributed by atoms with van der Waals surface area (Å²) in [4.78, 5) is 26.5. The Morgan fingerprint density at radius 3 is 2.22 bits per heavy atom. The summed E-state index contributed by atoms with van der Waals surface area (Å²) in [6, 6.07) is 9.09. The van der Waals surface area contributed by atoms with Gasteiger partial charge in [-0.1, -0.05) is 44.2 Å². The Morgan fingerprint density at radius 2 is 1.74 bits per heavy atom. The normalized spacial score (nSPS) is 13.5. The number of hydrogen-bond acceptors (Lipinski definition) is 3. The molecule has 0 aliphatic rings. The fraction of sp³-hybridized carbons (Fsp3) is 0.556. The number of carbonyl (C=O) groups is 2. The minimum absolute atomic E-state index is 0.0643. The summed E-state index contributed by atoms with van der Waals surface area (Å²) < 4.78 is 0. The summed E-state index contributed by atoms with van der Waals surface area (Å²) in [7, 11) is 5.09. The van der Waals surface area contributed by atoms with E-state index in [1.807, 2.05) is 44.2 Å². The summed E-state index contributed by atoms with van der Waals surface area (Å²) in [5, 5.41) is 5.73. The highest BCUT2D eigenvalue weighted by Gasteiger charge is 2.30. The lowest BCUT2D eigenvalue weighted by atomic mass is 9.99. The molecule has 0 heterocycles. The molecule has 2 atom stereocenters. The lowest BCUT2D eigenvalue weighted by Crippen LogP contribution is -2.53. The van der Waals surface area contributed by atoms with Gasteiger partial charge in [0.05, 0.1) is 6.04 Å². The van der Waals surface area contributed by atoms with Crippen LogP contribution in [-0.4, -0.2) is 49.9 Å². The number of carbonyl (C=O) groups excluding carboxylic acids is 2. The number of nitrogens with one attached hydrogen (secondary N) is 2. The molecule has 23 heavy (non-hydrogen) atoms. The highest BCUT2D eigenvalue weighted by Crippen LogP contribution is 2.13. The van der Waals surface area contributed by atoms with Crippen LogP contribution < -0.4 is 10.6 Å². The van der Waals surface area contributed by atoms with E-state index in [0.717, 1.165) is 5.56 Å². The Kier molecular flexibility index (Phi) is 7.75. The molecule has 0 radical (unpaired) electrons. The maximum Gasteiger partial charge on any atom is 0.242 e. The molecule has 0 bridgehead atoms. The first kappa shape index (κ1) is 19.2. The van der Waals surface area contributed by atoms with E-state index in [1.165, 1.54) is 0 Å². The third kappa shape index (κ3) is 5.67. The van der Waals surface area contributed by atoms with Gasteiger partial charge in [-0.15, -0.1) is 0 Å². The smallest absolute Gasteiger partial charge is 0.242 e. The average Bonchev–Trinajstić information content (AvgIpc) is 2.56. The van der Waals surface area contributed by atoms with Gasteiger partial charge in [0, 0.05) is 14.1 Å². The van der Waals surface area contributed by atoms with Crippen LogP contribution in [0.2, 0.25) is 0 Å². The molecule has 0 aliphatic heterocycles. The standard InChI is InChI=1S/C18H29N3O2/c1-13(2)11-16(17(22)20-4)21(5)18(23)15(19-3)12-14-9-7-6-8-10-14/h6-10,13,15-16,19H,11-12H2,1-5H3,(H,20,22)/t15-,16-/m0/s1. The van der Waals surface area contributed by atoms with Gasteiger partial charge in [0.2, 0.25) is 11.8 Å². The summed E-state index contributed by atoms with van der Waals surface area (Å²) >= 11 is 0. The second kappa shape index (κ2) is 9.30. The largest absolute Gasteiger partial charge is 0.357 e. The first-order valence-electron chi connectivity index (χ1n) is 8.10. The maximum absolute atomic E-state index is 12.8. The van der Waals surface area contributed by atoms with Gasteiger partial charge < -0.3 is 15.5 Å². The number of hydrogen-bond donors (Lipinski definition) is 2. The Morgan fingerprint density at radius 1 is 1.13 bits per heavy atom. The van der Waals surface area contributed by atoms with Crippen molar-refractivity contribution in [1.82, 2.24) is 15.5 Å². The van der Waals surface area contributed by atoms with Crippen LogP contribution in [0.3, 0.4) is 0 Å². The molecule has 0 unspecified atom stereocenters. The SMILES string of the molecule is CNC(=O)[C@H](CC(C)C)N(C)C(=O)[C@H](Cc1ccccc1)NC. The van der Waals surface area contributed by atoms with E-state index >= 15 is 0 Å².